The maximum atomic E-state index is 12.9. The number of esters is 2. The number of hydrogen-bond acceptors (Lipinski definition) is 8. The van der Waals surface area contributed by atoms with Gasteiger partial charge in [-0.05, 0) is 56.9 Å². The van der Waals surface area contributed by atoms with E-state index in [9.17, 15) is 14.4 Å². The Morgan fingerprint density at radius 3 is 2.36 bits per heavy atom. The van der Waals surface area contributed by atoms with Crippen molar-refractivity contribution in [2.45, 2.75) is 64.7 Å². The fourth-order valence-electron chi connectivity index (χ4n) is 4.20. The number of aromatic nitrogens is 1. The molecule has 0 saturated heterocycles. The zero-order valence-electron chi connectivity index (χ0n) is 20.8. The molecule has 0 radical (unpaired) electrons. The molecule has 36 heavy (non-hydrogen) atoms. The van der Waals surface area contributed by atoms with E-state index in [-0.39, 0.29) is 29.2 Å². The van der Waals surface area contributed by atoms with Crippen molar-refractivity contribution in [2.75, 3.05) is 7.11 Å². The number of ether oxygens (including phenoxy) is 4. The summed E-state index contributed by atoms with van der Waals surface area (Å²) in [6, 6.07) is 7.50. The van der Waals surface area contributed by atoms with E-state index in [1.54, 1.807) is 31.2 Å². The summed E-state index contributed by atoms with van der Waals surface area (Å²) in [5, 5.41) is 3.16. The molecule has 1 aliphatic rings. The van der Waals surface area contributed by atoms with E-state index in [2.05, 4.69) is 10.3 Å². The van der Waals surface area contributed by atoms with Crippen LogP contribution in [-0.4, -0.2) is 48.2 Å². The van der Waals surface area contributed by atoms with Crippen molar-refractivity contribution in [1.29, 1.82) is 0 Å². The average molecular weight is 519 g/mol. The largest absolute Gasteiger partial charge is 0.493 e. The minimum Gasteiger partial charge on any atom is -0.493 e. The first-order valence-electron chi connectivity index (χ1n) is 11.8. The van der Waals surface area contributed by atoms with Crippen LogP contribution in [0.1, 0.15) is 56.9 Å². The predicted molar refractivity (Wildman–Crippen MR) is 132 cm³/mol. The Bertz CT molecular complexity index is 1070. The Kier molecular flexibility index (Phi) is 9.52. The van der Waals surface area contributed by atoms with Gasteiger partial charge >= 0.3 is 11.9 Å². The summed E-state index contributed by atoms with van der Waals surface area (Å²) in [6.07, 6.45) is 4.57. The number of rotatable bonds is 10. The van der Waals surface area contributed by atoms with Crippen molar-refractivity contribution in [3.05, 3.63) is 47.2 Å². The standard InChI is InChI=1S/C26H31ClN2O7/c1-15(29-25(31)22-24(35-17(3)30)21(33-4)13-14-28-22)26(32)34-16(2)23(18-7-5-6-8-18)36-20-11-9-19(27)10-12-20/h9-16,18,23H,5-8H2,1-4H3,(H,29,31)/t15-,16-,23-/m0/s1. The third-order valence-electron chi connectivity index (χ3n) is 5.97. The van der Waals surface area contributed by atoms with E-state index < -0.39 is 30.0 Å². The summed E-state index contributed by atoms with van der Waals surface area (Å²) in [6.45, 7) is 4.49. The molecule has 1 fully saturated rings. The Morgan fingerprint density at radius 1 is 1.08 bits per heavy atom. The van der Waals surface area contributed by atoms with Gasteiger partial charge in [0.2, 0.25) is 5.75 Å². The highest BCUT2D eigenvalue weighted by Gasteiger charge is 2.34. The number of methoxy groups -OCH3 is 1. The van der Waals surface area contributed by atoms with Gasteiger partial charge in [0.15, 0.2) is 11.4 Å². The zero-order chi connectivity index (χ0) is 26.2. The summed E-state index contributed by atoms with van der Waals surface area (Å²) in [4.78, 5) is 41.2. The molecule has 2 aromatic rings. The number of benzene rings is 1. The molecule has 0 unspecified atom stereocenters. The van der Waals surface area contributed by atoms with Crippen LogP contribution in [0.15, 0.2) is 36.5 Å². The topological polar surface area (TPSA) is 113 Å². The zero-order valence-corrected chi connectivity index (χ0v) is 21.5. The van der Waals surface area contributed by atoms with Crippen LogP contribution < -0.4 is 19.5 Å². The van der Waals surface area contributed by atoms with E-state index in [0.717, 1.165) is 25.7 Å². The summed E-state index contributed by atoms with van der Waals surface area (Å²) in [7, 11) is 1.37. The van der Waals surface area contributed by atoms with Crippen LogP contribution >= 0.6 is 11.6 Å². The molecule has 0 spiro atoms. The number of halogens is 1. The maximum Gasteiger partial charge on any atom is 0.328 e. The van der Waals surface area contributed by atoms with Crippen LogP contribution in [0, 0.1) is 5.92 Å². The average Bonchev–Trinajstić information content (AvgIpc) is 3.37. The first-order valence-corrected chi connectivity index (χ1v) is 12.2. The van der Waals surface area contributed by atoms with Gasteiger partial charge in [-0.2, -0.15) is 0 Å². The van der Waals surface area contributed by atoms with Gasteiger partial charge in [-0.25, -0.2) is 9.78 Å². The van der Waals surface area contributed by atoms with Gasteiger partial charge in [0.25, 0.3) is 5.91 Å². The lowest BCUT2D eigenvalue weighted by molar-refractivity contribution is -0.156. The van der Waals surface area contributed by atoms with Crippen molar-refractivity contribution >= 4 is 29.4 Å². The van der Waals surface area contributed by atoms with Crippen LogP contribution in [0.4, 0.5) is 0 Å². The second kappa shape index (κ2) is 12.6. The van der Waals surface area contributed by atoms with Gasteiger partial charge in [-0.3, -0.25) is 9.59 Å². The molecule has 1 amide bonds. The second-order valence-corrected chi connectivity index (χ2v) is 9.14. The third kappa shape index (κ3) is 7.10. The molecule has 0 bridgehead atoms. The van der Waals surface area contributed by atoms with Gasteiger partial charge in [0, 0.05) is 24.2 Å². The molecule has 1 aromatic heterocycles. The molecule has 0 aliphatic heterocycles. The lowest BCUT2D eigenvalue weighted by atomic mass is 9.96. The highest BCUT2D eigenvalue weighted by Crippen LogP contribution is 2.33. The van der Waals surface area contributed by atoms with Crippen molar-refractivity contribution in [2.24, 2.45) is 5.92 Å². The van der Waals surface area contributed by atoms with E-state index in [4.69, 9.17) is 30.5 Å². The third-order valence-corrected chi connectivity index (χ3v) is 6.22. The van der Waals surface area contributed by atoms with Crippen LogP contribution in [0.5, 0.6) is 17.2 Å². The van der Waals surface area contributed by atoms with Gasteiger partial charge in [-0.1, -0.05) is 24.4 Å². The molecule has 3 atom stereocenters. The van der Waals surface area contributed by atoms with Crippen LogP contribution in [-0.2, 0) is 14.3 Å². The van der Waals surface area contributed by atoms with Gasteiger partial charge < -0.3 is 24.3 Å². The monoisotopic (exact) mass is 518 g/mol. The fourth-order valence-corrected chi connectivity index (χ4v) is 4.33. The van der Waals surface area contributed by atoms with Crippen molar-refractivity contribution in [3.63, 3.8) is 0 Å². The summed E-state index contributed by atoms with van der Waals surface area (Å²) < 4.78 is 22.2. The summed E-state index contributed by atoms with van der Waals surface area (Å²) in [5.41, 5.74) is -0.188. The Balaban J connectivity index is 1.68. The highest BCUT2D eigenvalue weighted by atomic mass is 35.5. The molecular weight excluding hydrogens is 488 g/mol. The van der Waals surface area contributed by atoms with E-state index >= 15 is 0 Å². The highest BCUT2D eigenvalue weighted by molar-refractivity contribution is 6.30. The van der Waals surface area contributed by atoms with E-state index in [0.29, 0.717) is 10.8 Å². The maximum absolute atomic E-state index is 12.9. The number of amides is 1. The fraction of sp³-hybridized carbons (Fsp3) is 0.462. The smallest absolute Gasteiger partial charge is 0.328 e. The van der Waals surface area contributed by atoms with E-state index in [1.807, 2.05) is 0 Å². The molecule has 1 N–H and O–H groups in total. The van der Waals surface area contributed by atoms with Gasteiger partial charge in [-0.15, -0.1) is 0 Å². The quantitative estimate of drug-likeness (QED) is 0.462. The molecule has 10 heteroatoms. The first kappa shape index (κ1) is 27.3. The summed E-state index contributed by atoms with van der Waals surface area (Å²) >= 11 is 5.98. The molecule has 3 rings (SSSR count). The van der Waals surface area contributed by atoms with Crippen molar-refractivity contribution in [3.8, 4) is 17.2 Å². The van der Waals surface area contributed by atoms with E-state index in [1.165, 1.54) is 33.2 Å². The number of carbonyl (C=O) groups excluding carboxylic acids is 3. The van der Waals surface area contributed by atoms with Crippen molar-refractivity contribution < 1.29 is 33.3 Å². The Labute approximate surface area is 215 Å². The second-order valence-electron chi connectivity index (χ2n) is 8.70. The minimum atomic E-state index is -1.00. The van der Waals surface area contributed by atoms with Crippen LogP contribution in [0.3, 0.4) is 0 Å². The number of nitrogens with one attached hydrogen (secondary N) is 1. The van der Waals surface area contributed by atoms with Gasteiger partial charge in [0.1, 0.15) is 24.0 Å². The molecular formula is C26H31ClN2O7. The normalized spacial score (nSPS) is 15.9. The molecule has 1 heterocycles. The lowest BCUT2D eigenvalue weighted by Crippen LogP contribution is -2.45. The van der Waals surface area contributed by atoms with Crippen LogP contribution in [0.2, 0.25) is 5.02 Å². The number of nitrogens with zero attached hydrogens (tertiary/aromatic N) is 1. The van der Waals surface area contributed by atoms with Gasteiger partial charge in [0.05, 0.1) is 7.11 Å². The first-order chi connectivity index (χ1) is 17.2. The lowest BCUT2D eigenvalue weighted by Gasteiger charge is -2.30. The van der Waals surface area contributed by atoms with Crippen LogP contribution in [0.25, 0.3) is 0 Å². The Morgan fingerprint density at radius 2 is 1.75 bits per heavy atom. The molecule has 194 valence electrons. The Hall–Kier alpha value is -3.33. The number of pyridine rings is 1. The molecule has 1 saturated carbocycles. The SMILES string of the molecule is COc1ccnc(C(=O)N[C@@H](C)C(=O)O[C@@H](C)[C@H](Oc2ccc(Cl)cc2)C2CCCC2)c1OC(C)=O. The summed E-state index contributed by atoms with van der Waals surface area (Å²) in [5.74, 6) is -1.08. The predicted octanol–water partition coefficient (Wildman–Crippen LogP) is 4.36. The molecule has 1 aliphatic carbocycles. The number of hydrogen-bond donors (Lipinski definition) is 1. The number of carbonyl (C=O) groups is 3. The molecule has 1 aromatic carbocycles. The van der Waals surface area contributed by atoms with Crippen molar-refractivity contribution in [1.82, 2.24) is 10.3 Å². The minimum absolute atomic E-state index is 0.128. The molecule has 9 nitrogen and oxygen atoms in total.